The van der Waals surface area contributed by atoms with Crippen molar-refractivity contribution in [1.29, 1.82) is 0 Å². The maximum absolute atomic E-state index is 10.5. The minimum Gasteiger partial charge on any atom is -0.272 e. The molecular weight excluding hydrogens is 170 g/mol. The summed E-state index contributed by atoms with van der Waals surface area (Å²) in [7, 11) is 0. The average Bonchev–Trinajstić information content (AvgIpc) is 2.15. The summed E-state index contributed by atoms with van der Waals surface area (Å²) in [6.45, 7) is 1.72. The van der Waals surface area contributed by atoms with E-state index in [2.05, 4.69) is 10.5 Å². The molecule has 5 nitrogen and oxygen atoms in total. The van der Waals surface area contributed by atoms with Crippen LogP contribution in [0.15, 0.2) is 29.4 Å². The molecule has 0 spiro atoms. The van der Waals surface area contributed by atoms with Crippen LogP contribution in [-0.4, -0.2) is 11.1 Å². The lowest BCUT2D eigenvalue weighted by Crippen LogP contribution is -1.95. The highest BCUT2D eigenvalue weighted by Crippen LogP contribution is 2.22. The van der Waals surface area contributed by atoms with E-state index in [9.17, 15) is 10.1 Å². The molecule has 0 aliphatic heterocycles. The van der Waals surface area contributed by atoms with Gasteiger partial charge in [0.1, 0.15) is 5.69 Å². The van der Waals surface area contributed by atoms with Gasteiger partial charge in [0.2, 0.25) is 0 Å². The Labute approximate surface area is 75.2 Å². The van der Waals surface area contributed by atoms with Gasteiger partial charge in [-0.25, -0.2) is 0 Å². The second kappa shape index (κ2) is 4.20. The van der Waals surface area contributed by atoms with Crippen molar-refractivity contribution in [2.45, 2.75) is 6.92 Å². The molecule has 0 heterocycles. The van der Waals surface area contributed by atoms with E-state index in [-0.39, 0.29) is 5.69 Å². The first-order valence-electron chi connectivity index (χ1n) is 3.73. The Hall–Kier alpha value is -1.91. The Morgan fingerprint density at radius 2 is 2.23 bits per heavy atom. The van der Waals surface area contributed by atoms with Gasteiger partial charge in [-0.15, -0.1) is 0 Å². The topological polar surface area (TPSA) is 67.5 Å². The van der Waals surface area contributed by atoms with E-state index >= 15 is 0 Å². The van der Waals surface area contributed by atoms with E-state index in [4.69, 9.17) is 0 Å². The first-order chi connectivity index (χ1) is 6.25. The number of nitrogens with one attached hydrogen (secondary N) is 1. The van der Waals surface area contributed by atoms with Gasteiger partial charge < -0.3 is 0 Å². The number of benzene rings is 1. The van der Waals surface area contributed by atoms with Gasteiger partial charge in [-0.05, 0) is 13.0 Å². The molecule has 1 N–H and O–H groups in total. The van der Waals surface area contributed by atoms with Crippen LogP contribution in [0.5, 0.6) is 0 Å². The summed E-state index contributed by atoms with van der Waals surface area (Å²) in [5.41, 5.74) is 2.99. The van der Waals surface area contributed by atoms with Crippen LogP contribution >= 0.6 is 0 Å². The van der Waals surface area contributed by atoms with Crippen LogP contribution < -0.4 is 5.43 Å². The van der Waals surface area contributed by atoms with Gasteiger partial charge >= 0.3 is 0 Å². The molecule has 1 rings (SSSR count). The Morgan fingerprint density at radius 3 is 2.85 bits per heavy atom. The standard InChI is InChI=1S/C8H9N3O2/c1-2-9-10-7-5-3-4-6-8(7)11(12)13/h2-6,10H,1H3. The molecule has 5 heteroatoms. The summed E-state index contributed by atoms with van der Waals surface area (Å²) < 4.78 is 0. The van der Waals surface area contributed by atoms with E-state index in [0.717, 1.165) is 0 Å². The highest BCUT2D eigenvalue weighted by molar-refractivity contribution is 5.63. The van der Waals surface area contributed by atoms with Crippen molar-refractivity contribution in [3.63, 3.8) is 0 Å². The smallest absolute Gasteiger partial charge is 0.272 e. The molecule has 1 aromatic carbocycles. The van der Waals surface area contributed by atoms with Crippen molar-refractivity contribution in [3.05, 3.63) is 34.4 Å². The third kappa shape index (κ3) is 2.26. The Balaban J connectivity index is 2.97. The van der Waals surface area contributed by atoms with Gasteiger partial charge in [0.25, 0.3) is 5.69 Å². The molecule has 0 saturated carbocycles. The first kappa shape index (κ1) is 9.18. The van der Waals surface area contributed by atoms with Crippen LogP contribution in [0.2, 0.25) is 0 Å². The number of anilines is 1. The number of hydrazone groups is 1. The zero-order valence-electron chi connectivity index (χ0n) is 7.10. The molecule has 0 bridgehead atoms. The predicted molar refractivity (Wildman–Crippen MR) is 50.9 cm³/mol. The first-order valence-corrected chi connectivity index (χ1v) is 3.73. The normalized spacial score (nSPS) is 10.2. The van der Waals surface area contributed by atoms with Gasteiger partial charge in [-0.2, -0.15) is 5.10 Å². The number of rotatable bonds is 3. The lowest BCUT2D eigenvalue weighted by atomic mass is 10.3. The number of hydrogen-bond donors (Lipinski definition) is 1. The van der Waals surface area contributed by atoms with Crippen LogP contribution in [0.4, 0.5) is 11.4 Å². The van der Waals surface area contributed by atoms with Crippen LogP contribution in [0.3, 0.4) is 0 Å². The maximum Gasteiger partial charge on any atom is 0.294 e. The number of nitro benzene ring substituents is 1. The number of para-hydroxylation sites is 2. The summed E-state index contributed by atoms with van der Waals surface area (Å²) in [4.78, 5) is 10.0. The van der Waals surface area contributed by atoms with Crippen LogP contribution in [0, 0.1) is 10.1 Å². The molecule has 68 valence electrons. The number of nitrogens with zero attached hydrogens (tertiary/aromatic N) is 2. The predicted octanol–water partition coefficient (Wildman–Crippen LogP) is 2.01. The van der Waals surface area contributed by atoms with Crippen molar-refractivity contribution >= 4 is 17.6 Å². The van der Waals surface area contributed by atoms with Crippen LogP contribution in [0.25, 0.3) is 0 Å². The molecule has 0 aliphatic rings. The fraction of sp³-hybridized carbons (Fsp3) is 0.125. The summed E-state index contributed by atoms with van der Waals surface area (Å²) in [6.07, 6.45) is 1.52. The zero-order valence-corrected chi connectivity index (χ0v) is 7.10. The monoisotopic (exact) mass is 179 g/mol. The minimum absolute atomic E-state index is 0.0214. The lowest BCUT2D eigenvalue weighted by Gasteiger charge is -1.99. The van der Waals surface area contributed by atoms with Gasteiger partial charge in [-0.1, -0.05) is 12.1 Å². The van der Waals surface area contributed by atoms with E-state index in [1.165, 1.54) is 12.3 Å². The summed E-state index contributed by atoms with van der Waals surface area (Å²) in [6, 6.07) is 6.35. The minimum atomic E-state index is -0.451. The van der Waals surface area contributed by atoms with Crippen molar-refractivity contribution in [2.75, 3.05) is 5.43 Å². The molecule has 0 aromatic heterocycles. The Bertz CT molecular complexity index is 336. The maximum atomic E-state index is 10.5. The van der Waals surface area contributed by atoms with Crippen molar-refractivity contribution in [1.82, 2.24) is 0 Å². The molecule has 13 heavy (non-hydrogen) atoms. The van der Waals surface area contributed by atoms with E-state index in [1.807, 2.05) is 0 Å². The molecule has 0 fully saturated rings. The zero-order chi connectivity index (χ0) is 9.68. The second-order valence-electron chi connectivity index (χ2n) is 2.27. The largest absolute Gasteiger partial charge is 0.294 e. The van der Waals surface area contributed by atoms with E-state index in [1.54, 1.807) is 25.1 Å². The molecule has 0 atom stereocenters. The summed E-state index contributed by atoms with van der Waals surface area (Å²) in [5.74, 6) is 0. The molecular formula is C8H9N3O2. The van der Waals surface area contributed by atoms with Crippen LogP contribution in [0.1, 0.15) is 6.92 Å². The van der Waals surface area contributed by atoms with E-state index < -0.39 is 4.92 Å². The SMILES string of the molecule is CC=NNc1ccccc1[N+](=O)[O-]. The molecule has 0 aliphatic carbocycles. The van der Waals surface area contributed by atoms with Crippen molar-refractivity contribution < 1.29 is 4.92 Å². The molecule has 1 aromatic rings. The highest BCUT2D eigenvalue weighted by atomic mass is 16.6. The van der Waals surface area contributed by atoms with Gasteiger partial charge in [0.15, 0.2) is 0 Å². The third-order valence-corrected chi connectivity index (χ3v) is 1.41. The third-order valence-electron chi connectivity index (χ3n) is 1.41. The van der Waals surface area contributed by atoms with Crippen LogP contribution in [-0.2, 0) is 0 Å². The van der Waals surface area contributed by atoms with E-state index in [0.29, 0.717) is 5.69 Å². The molecule has 0 saturated heterocycles. The Morgan fingerprint density at radius 1 is 1.54 bits per heavy atom. The van der Waals surface area contributed by atoms with Crippen molar-refractivity contribution in [2.24, 2.45) is 5.10 Å². The quantitative estimate of drug-likeness (QED) is 0.438. The van der Waals surface area contributed by atoms with Gasteiger partial charge in [0, 0.05) is 12.3 Å². The molecule has 0 radical (unpaired) electrons. The molecule has 0 amide bonds. The fourth-order valence-corrected chi connectivity index (χ4v) is 0.861. The highest BCUT2D eigenvalue weighted by Gasteiger charge is 2.10. The number of hydrogen-bond acceptors (Lipinski definition) is 4. The number of nitro groups is 1. The van der Waals surface area contributed by atoms with Gasteiger partial charge in [0.05, 0.1) is 4.92 Å². The summed E-state index contributed by atoms with van der Waals surface area (Å²) >= 11 is 0. The molecule has 0 unspecified atom stereocenters. The lowest BCUT2D eigenvalue weighted by molar-refractivity contribution is -0.384. The summed E-state index contributed by atoms with van der Waals surface area (Å²) in [5, 5.41) is 14.2. The second-order valence-corrected chi connectivity index (χ2v) is 2.27. The average molecular weight is 179 g/mol. The fourth-order valence-electron chi connectivity index (χ4n) is 0.861. The van der Waals surface area contributed by atoms with Crippen molar-refractivity contribution in [3.8, 4) is 0 Å². The Kier molecular flexibility index (Phi) is 2.97. The van der Waals surface area contributed by atoms with Gasteiger partial charge in [-0.3, -0.25) is 15.5 Å².